The molecule has 1 amide bonds. The SMILES string of the molecule is Cc1nc(-c2ccc(NC(=O)C(C)OCC(F)(F)F)cc2)cs1. The Morgan fingerprint density at radius 3 is 2.52 bits per heavy atom. The Morgan fingerprint density at radius 1 is 1.35 bits per heavy atom. The van der Waals surface area contributed by atoms with Crippen LogP contribution in [0.5, 0.6) is 0 Å². The zero-order valence-electron chi connectivity index (χ0n) is 12.5. The van der Waals surface area contributed by atoms with E-state index in [0.29, 0.717) is 5.69 Å². The molecule has 0 fully saturated rings. The molecule has 0 saturated heterocycles. The van der Waals surface area contributed by atoms with Crippen LogP contribution in [0.1, 0.15) is 11.9 Å². The minimum Gasteiger partial charge on any atom is -0.359 e. The predicted octanol–water partition coefficient (Wildman–Crippen LogP) is 4.02. The van der Waals surface area contributed by atoms with Crippen LogP contribution < -0.4 is 5.32 Å². The first-order chi connectivity index (χ1) is 10.7. The fraction of sp³-hybridized carbons (Fsp3) is 0.333. The van der Waals surface area contributed by atoms with Gasteiger partial charge in [0.15, 0.2) is 0 Å². The summed E-state index contributed by atoms with van der Waals surface area (Å²) in [6, 6.07) is 6.90. The molecule has 4 nitrogen and oxygen atoms in total. The number of hydrogen-bond donors (Lipinski definition) is 1. The van der Waals surface area contributed by atoms with Crippen molar-refractivity contribution < 1.29 is 22.7 Å². The molecule has 0 spiro atoms. The van der Waals surface area contributed by atoms with E-state index in [1.807, 2.05) is 12.3 Å². The number of ether oxygens (including phenoxy) is 1. The average Bonchev–Trinajstić information content (AvgIpc) is 2.91. The second-order valence-electron chi connectivity index (χ2n) is 4.89. The highest BCUT2D eigenvalue weighted by Crippen LogP contribution is 2.23. The summed E-state index contributed by atoms with van der Waals surface area (Å²) in [4.78, 5) is 16.1. The van der Waals surface area contributed by atoms with Gasteiger partial charge >= 0.3 is 6.18 Å². The second-order valence-corrected chi connectivity index (χ2v) is 5.95. The Kier molecular flexibility index (Phi) is 5.38. The van der Waals surface area contributed by atoms with E-state index in [0.717, 1.165) is 16.3 Å². The van der Waals surface area contributed by atoms with E-state index in [1.54, 1.807) is 24.3 Å². The summed E-state index contributed by atoms with van der Waals surface area (Å²) in [5.74, 6) is -0.633. The molecule has 124 valence electrons. The van der Waals surface area contributed by atoms with Crippen LogP contribution in [0.15, 0.2) is 29.6 Å². The molecule has 1 aromatic carbocycles. The number of thiazole rings is 1. The molecule has 0 aliphatic carbocycles. The summed E-state index contributed by atoms with van der Waals surface area (Å²) in [7, 11) is 0. The molecule has 1 N–H and O–H groups in total. The van der Waals surface area contributed by atoms with Crippen molar-refractivity contribution in [1.29, 1.82) is 0 Å². The summed E-state index contributed by atoms with van der Waals surface area (Å²) in [6.45, 7) is 1.72. The van der Waals surface area contributed by atoms with Gasteiger partial charge in [-0.1, -0.05) is 12.1 Å². The number of benzene rings is 1. The Morgan fingerprint density at radius 2 is 2.00 bits per heavy atom. The number of amides is 1. The molecule has 23 heavy (non-hydrogen) atoms. The third kappa shape index (κ3) is 5.33. The van der Waals surface area contributed by atoms with Gasteiger partial charge < -0.3 is 10.1 Å². The molecular weight excluding hydrogens is 329 g/mol. The van der Waals surface area contributed by atoms with Crippen molar-refractivity contribution in [2.45, 2.75) is 26.1 Å². The highest BCUT2D eigenvalue weighted by Gasteiger charge is 2.29. The zero-order valence-corrected chi connectivity index (χ0v) is 13.3. The smallest absolute Gasteiger partial charge is 0.359 e. The topological polar surface area (TPSA) is 51.2 Å². The Balaban J connectivity index is 1.94. The summed E-state index contributed by atoms with van der Waals surface area (Å²) in [5, 5.41) is 5.39. The lowest BCUT2D eigenvalue weighted by Crippen LogP contribution is -2.31. The maximum absolute atomic E-state index is 12.1. The first-order valence-corrected chi connectivity index (χ1v) is 7.64. The van der Waals surface area contributed by atoms with Gasteiger partial charge in [-0.15, -0.1) is 11.3 Å². The van der Waals surface area contributed by atoms with Crippen LogP contribution in [0.3, 0.4) is 0 Å². The van der Waals surface area contributed by atoms with Crippen LogP contribution in [-0.2, 0) is 9.53 Å². The van der Waals surface area contributed by atoms with Gasteiger partial charge in [0.2, 0.25) is 0 Å². The van der Waals surface area contributed by atoms with Crippen LogP contribution in [0.2, 0.25) is 0 Å². The van der Waals surface area contributed by atoms with E-state index in [4.69, 9.17) is 0 Å². The zero-order chi connectivity index (χ0) is 17.0. The minimum atomic E-state index is -4.46. The van der Waals surface area contributed by atoms with E-state index in [-0.39, 0.29) is 0 Å². The molecule has 0 radical (unpaired) electrons. The van der Waals surface area contributed by atoms with Crippen molar-refractivity contribution in [3.8, 4) is 11.3 Å². The highest BCUT2D eigenvalue weighted by atomic mass is 32.1. The number of carbonyl (C=O) groups excluding carboxylic acids is 1. The van der Waals surface area contributed by atoms with Gasteiger partial charge in [0.1, 0.15) is 12.7 Å². The molecule has 1 heterocycles. The number of anilines is 1. The molecule has 2 aromatic rings. The number of aromatic nitrogens is 1. The number of hydrogen-bond acceptors (Lipinski definition) is 4. The lowest BCUT2D eigenvalue weighted by Gasteiger charge is -2.14. The summed E-state index contributed by atoms with van der Waals surface area (Å²) in [6.07, 6.45) is -5.65. The Bertz CT molecular complexity index is 668. The predicted molar refractivity (Wildman–Crippen MR) is 82.4 cm³/mol. The number of aryl methyl sites for hydroxylation is 1. The molecule has 0 saturated carbocycles. The lowest BCUT2D eigenvalue weighted by molar-refractivity contribution is -0.184. The third-order valence-electron chi connectivity index (χ3n) is 2.93. The highest BCUT2D eigenvalue weighted by molar-refractivity contribution is 7.09. The summed E-state index contributed by atoms with van der Waals surface area (Å²) < 4.78 is 40.6. The lowest BCUT2D eigenvalue weighted by atomic mass is 10.1. The monoisotopic (exact) mass is 344 g/mol. The van der Waals surface area contributed by atoms with E-state index in [2.05, 4.69) is 15.0 Å². The Hall–Kier alpha value is -1.93. The quantitative estimate of drug-likeness (QED) is 0.891. The van der Waals surface area contributed by atoms with E-state index < -0.39 is 24.8 Å². The van der Waals surface area contributed by atoms with Crippen molar-refractivity contribution in [2.75, 3.05) is 11.9 Å². The molecular formula is C15H15F3N2O2S. The van der Waals surface area contributed by atoms with Gasteiger partial charge in [-0.2, -0.15) is 13.2 Å². The van der Waals surface area contributed by atoms with Crippen LogP contribution in [0.25, 0.3) is 11.3 Å². The van der Waals surface area contributed by atoms with Crippen LogP contribution in [0, 0.1) is 6.92 Å². The number of carbonyl (C=O) groups is 1. The van der Waals surface area contributed by atoms with Gasteiger partial charge in [-0.3, -0.25) is 4.79 Å². The van der Waals surface area contributed by atoms with Gasteiger partial charge in [0.05, 0.1) is 10.7 Å². The van der Waals surface area contributed by atoms with Crippen molar-refractivity contribution in [3.05, 3.63) is 34.7 Å². The van der Waals surface area contributed by atoms with Gasteiger partial charge in [0.25, 0.3) is 5.91 Å². The van der Waals surface area contributed by atoms with E-state index in [1.165, 1.54) is 18.3 Å². The van der Waals surface area contributed by atoms with Gasteiger partial charge in [-0.25, -0.2) is 4.98 Å². The first-order valence-electron chi connectivity index (χ1n) is 6.76. The number of nitrogens with zero attached hydrogens (tertiary/aromatic N) is 1. The Labute approximate surface area is 135 Å². The summed E-state index contributed by atoms with van der Waals surface area (Å²) in [5.41, 5.74) is 2.22. The molecule has 8 heteroatoms. The fourth-order valence-corrected chi connectivity index (χ4v) is 2.38. The molecule has 2 rings (SSSR count). The first kappa shape index (κ1) is 17.4. The fourth-order valence-electron chi connectivity index (χ4n) is 1.76. The van der Waals surface area contributed by atoms with Crippen molar-refractivity contribution in [1.82, 2.24) is 4.98 Å². The number of halogens is 3. The third-order valence-corrected chi connectivity index (χ3v) is 3.71. The summed E-state index contributed by atoms with van der Waals surface area (Å²) >= 11 is 1.54. The molecule has 1 atom stereocenters. The molecule has 1 aromatic heterocycles. The number of alkyl halides is 3. The van der Waals surface area contributed by atoms with Gasteiger partial charge in [-0.05, 0) is 26.0 Å². The van der Waals surface area contributed by atoms with Crippen molar-refractivity contribution in [2.24, 2.45) is 0 Å². The van der Waals surface area contributed by atoms with Crippen LogP contribution >= 0.6 is 11.3 Å². The number of rotatable bonds is 5. The van der Waals surface area contributed by atoms with Crippen LogP contribution in [-0.4, -0.2) is 29.8 Å². The molecule has 1 unspecified atom stereocenters. The van der Waals surface area contributed by atoms with E-state index in [9.17, 15) is 18.0 Å². The maximum Gasteiger partial charge on any atom is 0.411 e. The average molecular weight is 344 g/mol. The van der Waals surface area contributed by atoms with Gasteiger partial charge in [0, 0.05) is 16.6 Å². The largest absolute Gasteiger partial charge is 0.411 e. The standard InChI is InChI=1S/C15H15F3N2O2S/c1-9(22-8-15(16,17)18)14(21)20-12-5-3-11(4-6-12)13-7-23-10(2)19-13/h3-7,9H,8H2,1-2H3,(H,20,21). The van der Waals surface area contributed by atoms with Crippen LogP contribution in [0.4, 0.5) is 18.9 Å². The van der Waals surface area contributed by atoms with Crippen molar-refractivity contribution >= 4 is 22.9 Å². The van der Waals surface area contributed by atoms with E-state index >= 15 is 0 Å². The van der Waals surface area contributed by atoms with Crippen molar-refractivity contribution in [3.63, 3.8) is 0 Å². The second kappa shape index (κ2) is 7.10. The normalized spacial score (nSPS) is 12.9. The molecule has 0 aliphatic heterocycles. The maximum atomic E-state index is 12.1. The molecule has 0 aliphatic rings. The molecule has 0 bridgehead atoms. The minimum absolute atomic E-state index is 0.480. The number of nitrogens with one attached hydrogen (secondary N) is 1.